The minimum absolute atomic E-state index is 0.0418. The van der Waals surface area contributed by atoms with Crippen molar-refractivity contribution in [2.45, 2.75) is 32.7 Å². The predicted octanol–water partition coefficient (Wildman–Crippen LogP) is 2.44. The van der Waals surface area contributed by atoms with Gasteiger partial charge in [0.25, 0.3) is 5.69 Å². The van der Waals surface area contributed by atoms with E-state index in [0.717, 1.165) is 24.1 Å². The quantitative estimate of drug-likeness (QED) is 0.480. The molecule has 0 aromatic heterocycles. The Hall–Kier alpha value is -2.11. The Labute approximate surface area is 117 Å². The first-order valence-corrected chi connectivity index (χ1v) is 6.73. The normalized spacial score (nSPS) is 18.1. The fourth-order valence-electron chi connectivity index (χ4n) is 2.56. The zero-order chi connectivity index (χ0) is 14.7. The molecule has 1 atom stereocenters. The van der Waals surface area contributed by atoms with Crippen LogP contribution in [0.4, 0.5) is 11.4 Å². The summed E-state index contributed by atoms with van der Waals surface area (Å²) < 4.78 is 5.08. The van der Waals surface area contributed by atoms with E-state index in [1.165, 1.54) is 12.1 Å². The molecule has 2 rings (SSSR count). The number of rotatable bonds is 4. The van der Waals surface area contributed by atoms with Crippen LogP contribution in [0.2, 0.25) is 0 Å². The number of aryl methyl sites for hydroxylation is 1. The van der Waals surface area contributed by atoms with Crippen LogP contribution in [0, 0.1) is 17.0 Å². The van der Waals surface area contributed by atoms with Crippen molar-refractivity contribution in [3.8, 4) is 0 Å². The van der Waals surface area contributed by atoms with E-state index in [-0.39, 0.29) is 17.7 Å². The molecular weight excluding hydrogens is 260 g/mol. The minimum Gasteiger partial charge on any atom is -0.464 e. The van der Waals surface area contributed by atoms with Gasteiger partial charge in [-0.2, -0.15) is 0 Å². The molecule has 1 aliphatic rings. The van der Waals surface area contributed by atoms with Crippen molar-refractivity contribution in [3.05, 3.63) is 33.9 Å². The monoisotopic (exact) mass is 278 g/mol. The number of carbonyl (C=O) groups excluding carboxylic acids is 1. The van der Waals surface area contributed by atoms with Gasteiger partial charge in [-0.25, -0.2) is 4.79 Å². The van der Waals surface area contributed by atoms with Gasteiger partial charge >= 0.3 is 5.97 Å². The molecule has 1 aliphatic heterocycles. The first kappa shape index (κ1) is 14.3. The lowest BCUT2D eigenvalue weighted by Crippen LogP contribution is -2.37. The third-order valence-electron chi connectivity index (χ3n) is 3.52. The molecule has 1 fully saturated rings. The lowest BCUT2D eigenvalue weighted by molar-refractivity contribution is -0.384. The standard InChI is InChI=1S/C14H18N2O4/c1-3-20-14(17)12-5-4-8-15(12)13-9-11(16(18)19)7-6-10(13)2/h6-7,9,12H,3-5,8H2,1-2H3. The smallest absolute Gasteiger partial charge is 0.328 e. The molecule has 20 heavy (non-hydrogen) atoms. The van der Waals surface area contributed by atoms with Gasteiger partial charge in [-0.15, -0.1) is 0 Å². The van der Waals surface area contributed by atoms with Gasteiger partial charge in [-0.05, 0) is 32.3 Å². The average Bonchev–Trinajstić information content (AvgIpc) is 2.88. The van der Waals surface area contributed by atoms with Crippen LogP contribution in [0.3, 0.4) is 0 Å². The zero-order valence-electron chi connectivity index (χ0n) is 11.7. The molecule has 1 unspecified atom stereocenters. The van der Waals surface area contributed by atoms with E-state index in [2.05, 4.69) is 0 Å². The second-order valence-corrected chi connectivity index (χ2v) is 4.83. The van der Waals surface area contributed by atoms with E-state index in [1.807, 2.05) is 11.8 Å². The fraction of sp³-hybridized carbons (Fsp3) is 0.500. The highest BCUT2D eigenvalue weighted by atomic mass is 16.6. The lowest BCUT2D eigenvalue weighted by atomic mass is 10.1. The summed E-state index contributed by atoms with van der Waals surface area (Å²) in [7, 11) is 0. The minimum atomic E-state index is -0.418. The molecular formula is C14H18N2O4. The number of hydrogen-bond donors (Lipinski definition) is 0. The molecule has 1 aromatic rings. The highest BCUT2D eigenvalue weighted by Gasteiger charge is 2.33. The van der Waals surface area contributed by atoms with Crippen LogP contribution >= 0.6 is 0 Å². The Balaban J connectivity index is 2.32. The largest absolute Gasteiger partial charge is 0.464 e. The number of non-ortho nitro benzene ring substituents is 1. The number of anilines is 1. The van der Waals surface area contributed by atoms with Crippen molar-refractivity contribution in [1.29, 1.82) is 0 Å². The van der Waals surface area contributed by atoms with Gasteiger partial charge in [0.1, 0.15) is 6.04 Å². The molecule has 0 aliphatic carbocycles. The molecule has 0 bridgehead atoms. The van der Waals surface area contributed by atoms with Crippen molar-refractivity contribution in [2.24, 2.45) is 0 Å². The molecule has 108 valence electrons. The molecule has 1 aromatic carbocycles. The van der Waals surface area contributed by atoms with Gasteiger partial charge in [0.2, 0.25) is 0 Å². The number of nitrogens with zero attached hydrogens (tertiary/aromatic N) is 2. The molecule has 0 radical (unpaired) electrons. The van der Waals surface area contributed by atoms with Gasteiger partial charge in [0.05, 0.1) is 11.5 Å². The summed E-state index contributed by atoms with van der Waals surface area (Å²) in [5.74, 6) is -0.254. The van der Waals surface area contributed by atoms with Crippen molar-refractivity contribution in [1.82, 2.24) is 0 Å². The Morgan fingerprint density at radius 1 is 1.55 bits per heavy atom. The first-order chi connectivity index (χ1) is 9.54. The highest BCUT2D eigenvalue weighted by molar-refractivity contribution is 5.81. The maximum Gasteiger partial charge on any atom is 0.328 e. The van der Waals surface area contributed by atoms with Crippen molar-refractivity contribution in [3.63, 3.8) is 0 Å². The second kappa shape index (κ2) is 5.90. The molecule has 0 amide bonds. The number of hydrogen-bond acceptors (Lipinski definition) is 5. The van der Waals surface area contributed by atoms with Crippen molar-refractivity contribution in [2.75, 3.05) is 18.1 Å². The zero-order valence-corrected chi connectivity index (χ0v) is 11.7. The Bertz CT molecular complexity index is 530. The summed E-state index contributed by atoms with van der Waals surface area (Å²) in [5.41, 5.74) is 1.71. The summed E-state index contributed by atoms with van der Waals surface area (Å²) in [4.78, 5) is 24.4. The van der Waals surface area contributed by atoms with Crippen LogP contribution in [-0.2, 0) is 9.53 Å². The molecule has 6 heteroatoms. The van der Waals surface area contributed by atoms with Crippen LogP contribution in [-0.4, -0.2) is 30.1 Å². The summed E-state index contributed by atoms with van der Waals surface area (Å²) >= 11 is 0. The van der Waals surface area contributed by atoms with E-state index in [0.29, 0.717) is 13.2 Å². The Kier molecular flexibility index (Phi) is 4.22. The SMILES string of the molecule is CCOC(=O)C1CCCN1c1cc([N+](=O)[O-])ccc1C. The number of ether oxygens (including phenoxy) is 1. The van der Waals surface area contributed by atoms with E-state index in [9.17, 15) is 14.9 Å². The van der Waals surface area contributed by atoms with Crippen LogP contribution in [0.5, 0.6) is 0 Å². The number of nitro benzene ring substituents is 1. The van der Waals surface area contributed by atoms with Gasteiger partial charge < -0.3 is 9.64 Å². The van der Waals surface area contributed by atoms with Gasteiger partial charge in [0, 0.05) is 24.4 Å². The number of nitro groups is 1. The molecule has 0 spiro atoms. The maximum absolute atomic E-state index is 12.0. The maximum atomic E-state index is 12.0. The van der Waals surface area contributed by atoms with Crippen LogP contribution in [0.15, 0.2) is 18.2 Å². The number of carbonyl (C=O) groups is 1. The summed E-state index contributed by atoms with van der Waals surface area (Å²) in [6.07, 6.45) is 1.60. The summed E-state index contributed by atoms with van der Waals surface area (Å²) in [6, 6.07) is 4.39. The topological polar surface area (TPSA) is 72.7 Å². The third-order valence-corrected chi connectivity index (χ3v) is 3.52. The lowest BCUT2D eigenvalue weighted by Gasteiger charge is -2.26. The van der Waals surface area contributed by atoms with E-state index >= 15 is 0 Å². The van der Waals surface area contributed by atoms with Crippen LogP contribution in [0.25, 0.3) is 0 Å². The molecule has 0 N–H and O–H groups in total. The molecule has 0 saturated carbocycles. The Morgan fingerprint density at radius 3 is 2.95 bits per heavy atom. The second-order valence-electron chi connectivity index (χ2n) is 4.83. The van der Waals surface area contributed by atoms with Gasteiger partial charge in [0.15, 0.2) is 0 Å². The van der Waals surface area contributed by atoms with E-state index in [4.69, 9.17) is 4.74 Å². The molecule has 1 saturated heterocycles. The summed E-state index contributed by atoms with van der Waals surface area (Å²) in [6.45, 7) is 4.72. The van der Waals surface area contributed by atoms with Crippen LogP contribution in [0.1, 0.15) is 25.3 Å². The number of benzene rings is 1. The average molecular weight is 278 g/mol. The van der Waals surface area contributed by atoms with Crippen LogP contribution < -0.4 is 4.90 Å². The first-order valence-electron chi connectivity index (χ1n) is 6.73. The van der Waals surface area contributed by atoms with Crippen molar-refractivity contribution >= 4 is 17.3 Å². The van der Waals surface area contributed by atoms with E-state index < -0.39 is 4.92 Å². The fourth-order valence-corrected chi connectivity index (χ4v) is 2.56. The number of esters is 1. The molecule has 6 nitrogen and oxygen atoms in total. The van der Waals surface area contributed by atoms with Crippen molar-refractivity contribution < 1.29 is 14.5 Å². The summed E-state index contributed by atoms with van der Waals surface area (Å²) in [5, 5.41) is 10.9. The van der Waals surface area contributed by atoms with Gasteiger partial charge in [-0.3, -0.25) is 10.1 Å². The van der Waals surface area contributed by atoms with Gasteiger partial charge in [-0.1, -0.05) is 6.07 Å². The highest BCUT2D eigenvalue weighted by Crippen LogP contribution is 2.31. The third kappa shape index (κ3) is 2.74. The Morgan fingerprint density at radius 2 is 2.30 bits per heavy atom. The predicted molar refractivity (Wildman–Crippen MR) is 74.8 cm³/mol. The van der Waals surface area contributed by atoms with E-state index in [1.54, 1.807) is 13.0 Å². The molecule has 1 heterocycles.